The molecule has 3 rings (SSSR count). The molecule has 0 radical (unpaired) electrons. The SMILES string of the molecule is CC1c2ccc(Cl)cc2C(CCN(C)CCC(=O)OCc2ccccc2)[C@@H]1C. The van der Waals surface area contributed by atoms with Gasteiger partial charge in [-0.15, -0.1) is 0 Å². The molecule has 0 saturated carbocycles. The molecule has 2 unspecified atom stereocenters. The first-order chi connectivity index (χ1) is 13.5. The second-order valence-corrected chi connectivity index (χ2v) is 8.45. The van der Waals surface area contributed by atoms with E-state index in [2.05, 4.69) is 37.9 Å². The number of fused-ring (bicyclic) bond motifs is 1. The van der Waals surface area contributed by atoms with Crippen LogP contribution in [0.3, 0.4) is 0 Å². The first kappa shape index (κ1) is 20.9. The highest BCUT2D eigenvalue weighted by atomic mass is 35.5. The molecule has 3 nitrogen and oxygen atoms in total. The molecule has 0 bridgehead atoms. The fourth-order valence-corrected chi connectivity index (χ4v) is 4.36. The van der Waals surface area contributed by atoms with Gasteiger partial charge in [0.1, 0.15) is 6.61 Å². The second-order valence-electron chi connectivity index (χ2n) is 8.02. The summed E-state index contributed by atoms with van der Waals surface area (Å²) in [6.07, 6.45) is 1.50. The largest absolute Gasteiger partial charge is 0.461 e. The van der Waals surface area contributed by atoms with E-state index in [0.717, 1.165) is 23.6 Å². The molecule has 0 N–H and O–H groups in total. The highest BCUT2D eigenvalue weighted by Gasteiger charge is 2.35. The van der Waals surface area contributed by atoms with Crippen LogP contribution in [0.2, 0.25) is 5.02 Å². The van der Waals surface area contributed by atoms with Gasteiger partial charge in [0.2, 0.25) is 0 Å². The molecule has 0 amide bonds. The molecule has 1 aliphatic carbocycles. The van der Waals surface area contributed by atoms with E-state index in [0.29, 0.717) is 37.3 Å². The van der Waals surface area contributed by atoms with Crippen LogP contribution in [0.15, 0.2) is 48.5 Å². The fourth-order valence-electron chi connectivity index (χ4n) is 4.18. The molecule has 28 heavy (non-hydrogen) atoms. The first-order valence-electron chi connectivity index (χ1n) is 10.1. The zero-order valence-corrected chi connectivity index (χ0v) is 17.8. The Bertz CT molecular complexity index is 792. The molecule has 2 aromatic rings. The highest BCUT2D eigenvalue weighted by molar-refractivity contribution is 6.30. The van der Waals surface area contributed by atoms with Gasteiger partial charge in [0.15, 0.2) is 0 Å². The molecule has 150 valence electrons. The predicted octanol–water partition coefficient (Wildman–Crippen LogP) is 5.63. The monoisotopic (exact) mass is 399 g/mol. The third-order valence-corrected chi connectivity index (χ3v) is 6.36. The Morgan fingerprint density at radius 2 is 1.82 bits per heavy atom. The third-order valence-electron chi connectivity index (χ3n) is 6.12. The molecule has 3 atom stereocenters. The third kappa shape index (κ3) is 5.15. The van der Waals surface area contributed by atoms with Crippen LogP contribution in [0.25, 0.3) is 0 Å². The van der Waals surface area contributed by atoms with Crippen molar-refractivity contribution in [3.05, 3.63) is 70.2 Å². The molecule has 0 aromatic heterocycles. The summed E-state index contributed by atoms with van der Waals surface area (Å²) in [7, 11) is 2.08. The zero-order chi connectivity index (χ0) is 20.1. The zero-order valence-electron chi connectivity index (χ0n) is 17.0. The minimum absolute atomic E-state index is 0.143. The Kier molecular flexibility index (Phi) is 7.14. The first-order valence-corrected chi connectivity index (χ1v) is 10.5. The minimum Gasteiger partial charge on any atom is -0.461 e. The number of halogens is 1. The van der Waals surface area contributed by atoms with Crippen molar-refractivity contribution < 1.29 is 9.53 Å². The van der Waals surface area contributed by atoms with E-state index in [1.54, 1.807) is 0 Å². The number of rotatable bonds is 8. The molecular formula is C24H30ClNO2. The van der Waals surface area contributed by atoms with Crippen LogP contribution in [0.1, 0.15) is 55.2 Å². The number of hydrogen-bond donors (Lipinski definition) is 0. The lowest BCUT2D eigenvalue weighted by atomic mass is 9.87. The molecule has 1 aliphatic rings. The molecular weight excluding hydrogens is 370 g/mol. The van der Waals surface area contributed by atoms with Crippen LogP contribution in [0.4, 0.5) is 0 Å². The molecule has 0 spiro atoms. The normalized spacial score (nSPS) is 21.0. The van der Waals surface area contributed by atoms with Crippen molar-refractivity contribution in [2.24, 2.45) is 5.92 Å². The molecule has 4 heteroatoms. The standard InChI is InChI=1S/C24H30ClNO2/c1-17-18(2)22(23-15-20(25)9-10-21(17)23)11-13-26(3)14-12-24(27)28-16-19-7-5-4-6-8-19/h4-10,15,17-18,22H,11-14,16H2,1-3H3/t17?,18-,22?/m1/s1. The average Bonchev–Trinajstić information content (AvgIpc) is 2.93. The van der Waals surface area contributed by atoms with Crippen LogP contribution in [0, 0.1) is 5.92 Å². The van der Waals surface area contributed by atoms with Gasteiger partial charge in [-0.1, -0.05) is 61.8 Å². The Morgan fingerprint density at radius 1 is 1.07 bits per heavy atom. The quantitative estimate of drug-likeness (QED) is 0.538. The second kappa shape index (κ2) is 9.58. The van der Waals surface area contributed by atoms with Crippen molar-refractivity contribution >= 4 is 17.6 Å². The number of carbonyl (C=O) groups excluding carboxylic acids is 1. The topological polar surface area (TPSA) is 29.5 Å². The van der Waals surface area contributed by atoms with Crippen molar-refractivity contribution in [2.45, 2.75) is 45.1 Å². The molecule has 0 saturated heterocycles. The number of benzene rings is 2. The minimum atomic E-state index is -0.143. The smallest absolute Gasteiger partial charge is 0.307 e. The van der Waals surface area contributed by atoms with Gasteiger partial charge in [-0.05, 0) is 66.6 Å². The molecule has 0 heterocycles. The summed E-state index contributed by atoms with van der Waals surface area (Å²) in [6.45, 7) is 6.67. The van der Waals surface area contributed by atoms with E-state index in [-0.39, 0.29) is 5.97 Å². The van der Waals surface area contributed by atoms with Gasteiger partial charge in [-0.2, -0.15) is 0 Å². The summed E-state index contributed by atoms with van der Waals surface area (Å²) in [5.41, 5.74) is 3.86. The maximum absolute atomic E-state index is 12.0. The van der Waals surface area contributed by atoms with Crippen molar-refractivity contribution in [2.75, 3.05) is 20.1 Å². The van der Waals surface area contributed by atoms with Gasteiger partial charge in [0.05, 0.1) is 6.42 Å². The number of hydrogen-bond acceptors (Lipinski definition) is 3. The van der Waals surface area contributed by atoms with E-state index in [1.807, 2.05) is 36.4 Å². The maximum atomic E-state index is 12.0. The van der Waals surface area contributed by atoms with Crippen LogP contribution in [-0.4, -0.2) is 31.0 Å². The number of carbonyl (C=O) groups is 1. The van der Waals surface area contributed by atoms with E-state index in [9.17, 15) is 4.79 Å². The van der Waals surface area contributed by atoms with E-state index >= 15 is 0 Å². The van der Waals surface area contributed by atoms with Gasteiger partial charge < -0.3 is 9.64 Å². The summed E-state index contributed by atoms with van der Waals surface area (Å²) in [4.78, 5) is 14.2. The van der Waals surface area contributed by atoms with E-state index in [4.69, 9.17) is 16.3 Å². The number of nitrogens with zero attached hydrogens (tertiary/aromatic N) is 1. The summed E-state index contributed by atoms with van der Waals surface area (Å²) in [6, 6.07) is 16.1. The lowest BCUT2D eigenvalue weighted by Crippen LogP contribution is -2.25. The molecule has 0 aliphatic heterocycles. The van der Waals surface area contributed by atoms with Crippen LogP contribution >= 0.6 is 11.6 Å². The van der Waals surface area contributed by atoms with Gasteiger partial charge in [-0.3, -0.25) is 4.79 Å². The average molecular weight is 400 g/mol. The summed E-state index contributed by atoms with van der Waals surface area (Å²) in [5, 5.41) is 0.819. The van der Waals surface area contributed by atoms with E-state index in [1.165, 1.54) is 11.1 Å². The fraction of sp³-hybridized carbons (Fsp3) is 0.458. The van der Waals surface area contributed by atoms with Crippen LogP contribution in [0.5, 0.6) is 0 Å². The Balaban J connectivity index is 1.44. The van der Waals surface area contributed by atoms with Crippen LogP contribution in [-0.2, 0) is 16.1 Å². The Hall–Kier alpha value is -1.84. The van der Waals surface area contributed by atoms with Crippen molar-refractivity contribution in [3.8, 4) is 0 Å². The van der Waals surface area contributed by atoms with Crippen LogP contribution < -0.4 is 0 Å². The number of ether oxygens (including phenoxy) is 1. The summed E-state index contributed by atoms with van der Waals surface area (Å²) < 4.78 is 5.37. The van der Waals surface area contributed by atoms with Crippen molar-refractivity contribution in [1.29, 1.82) is 0 Å². The molecule has 0 fully saturated rings. The van der Waals surface area contributed by atoms with E-state index < -0.39 is 0 Å². The summed E-state index contributed by atoms with van der Waals surface area (Å²) in [5.74, 6) is 1.56. The maximum Gasteiger partial charge on any atom is 0.307 e. The Morgan fingerprint density at radius 3 is 2.57 bits per heavy atom. The van der Waals surface area contributed by atoms with Gasteiger partial charge in [0, 0.05) is 11.6 Å². The summed E-state index contributed by atoms with van der Waals surface area (Å²) >= 11 is 6.24. The molecule has 2 aromatic carbocycles. The van der Waals surface area contributed by atoms with Gasteiger partial charge >= 0.3 is 5.97 Å². The lowest BCUT2D eigenvalue weighted by molar-refractivity contribution is -0.145. The van der Waals surface area contributed by atoms with Crippen molar-refractivity contribution in [3.63, 3.8) is 0 Å². The highest BCUT2D eigenvalue weighted by Crippen LogP contribution is 2.48. The lowest BCUT2D eigenvalue weighted by Gasteiger charge is -2.23. The number of esters is 1. The Labute approximate surface area is 173 Å². The van der Waals surface area contributed by atoms with Gasteiger partial charge in [0.25, 0.3) is 0 Å². The predicted molar refractivity (Wildman–Crippen MR) is 115 cm³/mol. The van der Waals surface area contributed by atoms with Gasteiger partial charge in [-0.25, -0.2) is 0 Å². The van der Waals surface area contributed by atoms with Crippen molar-refractivity contribution in [1.82, 2.24) is 4.90 Å².